The Morgan fingerprint density at radius 3 is 2.56 bits per heavy atom. The number of carbonyl (C=O) groups excluding carboxylic acids is 1. The largest absolute Gasteiger partial charge is 0.356 e. The van der Waals surface area contributed by atoms with Crippen LogP contribution in [0.4, 0.5) is 0 Å². The monoisotopic (exact) mass is 287 g/mol. The summed E-state index contributed by atoms with van der Waals surface area (Å²) in [5.74, 6) is 1.33. The van der Waals surface area contributed by atoms with Gasteiger partial charge in [-0.2, -0.15) is 0 Å². The lowest BCUT2D eigenvalue weighted by Gasteiger charge is -2.26. The Labute approximate surface area is 107 Å². The average Bonchev–Trinajstić information content (AvgIpc) is 2.79. The standard InChI is InChI=1S/C13H22BrNO/c14-12-7-3-4-10(8-12)9-15-13(16)11-5-1-2-6-11/h10-12H,1-9H2,(H,15,16). The molecule has 1 amide bonds. The summed E-state index contributed by atoms with van der Waals surface area (Å²) in [5.41, 5.74) is 0. The Hall–Kier alpha value is -0.0500. The second-order valence-electron chi connectivity index (χ2n) is 5.36. The molecule has 1 N–H and O–H groups in total. The van der Waals surface area contributed by atoms with Gasteiger partial charge in [0.2, 0.25) is 5.91 Å². The molecule has 0 bridgehead atoms. The topological polar surface area (TPSA) is 29.1 Å². The van der Waals surface area contributed by atoms with Gasteiger partial charge in [-0.1, -0.05) is 35.2 Å². The van der Waals surface area contributed by atoms with Gasteiger partial charge in [-0.3, -0.25) is 4.79 Å². The first-order chi connectivity index (χ1) is 7.75. The summed E-state index contributed by atoms with van der Waals surface area (Å²) in [5, 5.41) is 3.16. The maximum atomic E-state index is 11.8. The molecule has 2 saturated carbocycles. The van der Waals surface area contributed by atoms with Gasteiger partial charge < -0.3 is 5.32 Å². The molecule has 3 heteroatoms. The van der Waals surface area contributed by atoms with E-state index in [9.17, 15) is 4.79 Å². The zero-order valence-corrected chi connectivity index (χ0v) is 11.5. The minimum Gasteiger partial charge on any atom is -0.356 e. The molecule has 2 aliphatic rings. The van der Waals surface area contributed by atoms with E-state index in [1.54, 1.807) is 0 Å². The Balaban J connectivity index is 1.67. The van der Waals surface area contributed by atoms with E-state index in [2.05, 4.69) is 21.2 Å². The summed E-state index contributed by atoms with van der Waals surface area (Å²) in [6.45, 7) is 0.900. The third kappa shape index (κ3) is 3.47. The summed E-state index contributed by atoms with van der Waals surface area (Å²) < 4.78 is 0. The van der Waals surface area contributed by atoms with E-state index < -0.39 is 0 Å². The minimum atomic E-state index is 0.314. The van der Waals surface area contributed by atoms with E-state index >= 15 is 0 Å². The number of hydrogen-bond donors (Lipinski definition) is 1. The zero-order chi connectivity index (χ0) is 11.4. The second-order valence-corrected chi connectivity index (χ2v) is 6.65. The quantitative estimate of drug-likeness (QED) is 0.794. The third-order valence-electron chi connectivity index (χ3n) is 4.01. The van der Waals surface area contributed by atoms with Gasteiger partial charge in [0.05, 0.1) is 0 Å². The van der Waals surface area contributed by atoms with Crippen molar-refractivity contribution in [2.24, 2.45) is 11.8 Å². The maximum absolute atomic E-state index is 11.8. The lowest BCUT2D eigenvalue weighted by Crippen LogP contribution is -2.35. The van der Waals surface area contributed by atoms with Crippen molar-refractivity contribution in [3.63, 3.8) is 0 Å². The fourth-order valence-electron chi connectivity index (χ4n) is 2.99. The van der Waals surface area contributed by atoms with Gasteiger partial charge in [0.25, 0.3) is 0 Å². The summed E-state index contributed by atoms with van der Waals surface area (Å²) in [6.07, 6.45) is 9.82. The number of carbonyl (C=O) groups is 1. The Bertz CT molecular complexity index is 238. The van der Waals surface area contributed by atoms with E-state index in [4.69, 9.17) is 0 Å². The van der Waals surface area contributed by atoms with Gasteiger partial charge in [0.1, 0.15) is 0 Å². The van der Waals surface area contributed by atoms with Crippen molar-refractivity contribution in [2.75, 3.05) is 6.54 Å². The number of rotatable bonds is 3. The summed E-state index contributed by atoms with van der Waals surface area (Å²) in [4.78, 5) is 12.5. The Kier molecular flexibility index (Phi) is 4.68. The molecule has 92 valence electrons. The molecule has 2 unspecified atom stereocenters. The summed E-state index contributed by atoms with van der Waals surface area (Å²) >= 11 is 3.69. The van der Waals surface area contributed by atoms with E-state index in [-0.39, 0.29) is 0 Å². The number of hydrogen-bond acceptors (Lipinski definition) is 1. The fraction of sp³-hybridized carbons (Fsp3) is 0.923. The number of amides is 1. The van der Waals surface area contributed by atoms with Crippen LogP contribution in [0.25, 0.3) is 0 Å². The summed E-state index contributed by atoms with van der Waals surface area (Å²) in [6, 6.07) is 0. The van der Waals surface area contributed by atoms with E-state index in [1.807, 2.05) is 0 Å². The van der Waals surface area contributed by atoms with Crippen LogP contribution in [0.3, 0.4) is 0 Å². The van der Waals surface area contributed by atoms with E-state index in [0.29, 0.717) is 22.6 Å². The molecular weight excluding hydrogens is 266 g/mol. The molecule has 0 radical (unpaired) electrons. The number of alkyl halides is 1. The van der Waals surface area contributed by atoms with Crippen LogP contribution in [0.5, 0.6) is 0 Å². The highest BCUT2D eigenvalue weighted by molar-refractivity contribution is 9.09. The van der Waals surface area contributed by atoms with Crippen LogP contribution in [-0.2, 0) is 4.79 Å². The van der Waals surface area contributed by atoms with Crippen LogP contribution < -0.4 is 5.32 Å². The molecule has 0 aromatic rings. The average molecular weight is 288 g/mol. The van der Waals surface area contributed by atoms with Crippen LogP contribution in [0, 0.1) is 11.8 Å². The molecule has 2 nitrogen and oxygen atoms in total. The molecule has 2 rings (SSSR count). The van der Waals surface area contributed by atoms with Crippen molar-refractivity contribution in [3.8, 4) is 0 Å². The molecule has 0 aliphatic heterocycles. The van der Waals surface area contributed by atoms with Gasteiger partial charge in [0.15, 0.2) is 0 Å². The predicted molar refractivity (Wildman–Crippen MR) is 69.6 cm³/mol. The van der Waals surface area contributed by atoms with Crippen LogP contribution >= 0.6 is 15.9 Å². The first kappa shape index (κ1) is 12.4. The lowest BCUT2D eigenvalue weighted by molar-refractivity contribution is -0.125. The molecule has 0 aromatic heterocycles. The van der Waals surface area contributed by atoms with Gasteiger partial charge >= 0.3 is 0 Å². The smallest absolute Gasteiger partial charge is 0.223 e. The van der Waals surface area contributed by atoms with Crippen molar-refractivity contribution in [3.05, 3.63) is 0 Å². The maximum Gasteiger partial charge on any atom is 0.223 e. The predicted octanol–water partition coefficient (Wildman–Crippen LogP) is 3.25. The molecular formula is C13H22BrNO. The zero-order valence-electron chi connectivity index (χ0n) is 9.88. The molecule has 0 saturated heterocycles. The van der Waals surface area contributed by atoms with Crippen LogP contribution in [0.15, 0.2) is 0 Å². The minimum absolute atomic E-state index is 0.314. The van der Waals surface area contributed by atoms with Crippen LogP contribution in [-0.4, -0.2) is 17.3 Å². The highest BCUT2D eigenvalue weighted by atomic mass is 79.9. The van der Waals surface area contributed by atoms with Crippen molar-refractivity contribution >= 4 is 21.8 Å². The molecule has 16 heavy (non-hydrogen) atoms. The number of nitrogens with one attached hydrogen (secondary N) is 1. The fourth-order valence-corrected chi connectivity index (χ4v) is 3.84. The second kappa shape index (κ2) is 6.04. The Morgan fingerprint density at radius 1 is 1.12 bits per heavy atom. The highest BCUT2D eigenvalue weighted by Crippen LogP contribution is 2.29. The number of halogens is 1. The SMILES string of the molecule is O=C(NCC1CCCC(Br)C1)C1CCCC1. The molecule has 2 fully saturated rings. The van der Waals surface area contributed by atoms with Crippen molar-refractivity contribution in [1.29, 1.82) is 0 Å². The van der Waals surface area contributed by atoms with E-state index in [1.165, 1.54) is 38.5 Å². The van der Waals surface area contributed by atoms with Crippen molar-refractivity contribution < 1.29 is 4.79 Å². The Morgan fingerprint density at radius 2 is 1.88 bits per heavy atom. The van der Waals surface area contributed by atoms with Gasteiger partial charge in [0, 0.05) is 17.3 Å². The molecule has 2 atom stereocenters. The van der Waals surface area contributed by atoms with Crippen LogP contribution in [0.2, 0.25) is 0 Å². The molecule has 0 heterocycles. The molecule has 2 aliphatic carbocycles. The van der Waals surface area contributed by atoms with Gasteiger partial charge in [-0.05, 0) is 38.0 Å². The van der Waals surface area contributed by atoms with Gasteiger partial charge in [-0.25, -0.2) is 0 Å². The molecule has 0 spiro atoms. The first-order valence-electron chi connectivity index (χ1n) is 6.67. The van der Waals surface area contributed by atoms with Crippen LogP contribution in [0.1, 0.15) is 51.4 Å². The lowest BCUT2D eigenvalue weighted by atomic mass is 9.89. The molecule has 0 aromatic carbocycles. The van der Waals surface area contributed by atoms with Gasteiger partial charge in [-0.15, -0.1) is 0 Å². The van der Waals surface area contributed by atoms with Crippen molar-refractivity contribution in [1.82, 2.24) is 5.32 Å². The third-order valence-corrected chi connectivity index (χ3v) is 4.84. The highest BCUT2D eigenvalue weighted by Gasteiger charge is 2.24. The first-order valence-corrected chi connectivity index (χ1v) is 7.59. The normalized spacial score (nSPS) is 31.6. The van der Waals surface area contributed by atoms with Crippen molar-refractivity contribution in [2.45, 2.75) is 56.2 Å². The summed E-state index contributed by atoms with van der Waals surface area (Å²) in [7, 11) is 0. The van der Waals surface area contributed by atoms with E-state index in [0.717, 1.165) is 19.4 Å².